The van der Waals surface area contributed by atoms with Crippen LogP contribution in [0.4, 0.5) is 0 Å². The molecule has 0 aromatic carbocycles. The van der Waals surface area contributed by atoms with Gasteiger partial charge in [-0.2, -0.15) is 72.8 Å². The average Bonchev–Trinajstić information content (AvgIpc) is 2.80. The van der Waals surface area contributed by atoms with Crippen molar-refractivity contribution in [2.45, 2.75) is 0 Å². The van der Waals surface area contributed by atoms with E-state index >= 15 is 0 Å². The van der Waals surface area contributed by atoms with E-state index in [9.17, 15) is 0 Å². The summed E-state index contributed by atoms with van der Waals surface area (Å²) in [5.74, 6) is 0. The number of halogens is 2. The van der Waals surface area contributed by atoms with Crippen LogP contribution in [0.15, 0.2) is 97.6 Å². The van der Waals surface area contributed by atoms with Crippen LogP contribution >= 0.6 is 19.4 Å². The van der Waals surface area contributed by atoms with Gasteiger partial charge in [0.25, 0.3) is 0 Å². The zero-order valence-electron chi connectivity index (χ0n) is 15.1. The second-order valence-corrected chi connectivity index (χ2v) is 6.52. The minimum absolute atomic E-state index is 0. The van der Waals surface area contributed by atoms with Crippen LogP contribution in [-0.4, -0.2) is 30.9 Å². The molecule has 0 unspecified atom stereocenters. The zero-order valence-corrected chi connectivity index (χ0v) is 18.4. The molecule has 4 aromatic rings. The molecule has 0 amide bonds. The number of pyridine rings is 4. The van der Waals surface area contributed by atoms with E-state index in [4.69, 9.17) is 19.4 Å². The Labute approximate surface area is 187 Å². The van der Waals surface area contributed by atoms with E-state index < -0.39 is 0 Å². The van der Waals surface area contributed by atoms with Crippen LogP contribution in [0.1, 0.15) is 0 Å². The molecule has 0 aliphatic carbocycles. The fraction of sp³-hybridized carbons (Fsp3) is 0. The summed E-state index contributed by atoms with van der Waals surface area (Å²) in [7, 11) is 9.71. The smallest absolute Gasteiger partial charge is 0.0813 e. The van der Waals surface area contributed by atoms with Crippen LogP contribution in [0.25, 0.3) is 0 Å². The van der Waals surface area contributed by atoms with Gasteiger partial charge < -0.3 is 30.9 Å². The minimum atomic E-state index is -0.346. The Morgan fingerprint density at radius 1 is 0.448 bits per heavy atom. The first kappa shape index (κ1) is 31.4. The topological polar surface area (TPSA) is 115 Å². The largest absolute Gasteiger partial charge is 0.394 e. The predicted molar refractivity (Wildman–Crippen MR) is 111 cm³/mol. The molecule has 9 heteroatoms. The van der Waals surface area contributed by atoms with Crippen molar-refractivity contribution in [1.82, 2.24) is 19.9 Å². The molecule has 0 saturated heterocycles. The maximum Gasteiger partial charge on any atom is -0.0813 e. The van der Waals surface area contributed by atoms with Crippen LogP contribution < -0.4 is 0 Å². The Hall–Kier alpha value is -2.28. The minimum Gasteiger partial charge on any atom is -0.394 e. The molecule has 6 nitrogen and oxygen atoms in total. The number of nitrogens with zero attached hydrogens (tertiary/aromatic N) is 4. The SMILES string of the molecule is O.O.[Cl][Ru+2][Cl].[c-]1ccccn1.[c-]1ccccn1.[c-]1ccccn1.[c-]1ccccn1. The van der Waals surface area contributed by atoms with Crippen molar-refractivity contribution < 1.29 is 26.1 Å². The van der Waals surface area contributed by atoms with Crippen LogP contribution in [0.2, 0.25) is 0 Å². The van der Waals surface area contributed by atoms with E-state index in [0.29, 0.717) is 0 Å². The van der Waals surface area contributed by atoms with E-state index in [1.165, 1.54) is 0 Å². The molecule has 0 spiro atoms. The van der Waals surface area contributed by atoms with Gasteiger partial charge in [-0.25, -0.2) is 0 Å². The first-order valence-electron chi connectivity index (χ1n) is 7.35. The van der Waals surface area contributed by atoms with Gasteiger partial charge in [0.15, 0.2) is 0 Å². The Bertz CT molecular complexity index is 471. The van der Waals surface area contributed by atoms with Crippen molar-refractivity contribution in [2.24, 2.45) is 0 Å². The molecule has 0 aliphatic rings. The Kier molecular flexibility index (Phi) is 33.0. The van der Waals surface area contributed by atoms with Gasteiger partial charge in [0, 0.05) is 0 Å². The van der Waals surface area contributed by atoms with Gasteiger partial charge in [-0.05, 0) is 0 Å². The quantitative estimate of drug-likeness (QED) is 0.262. The molecule has 4 rings (SSSR count). The summed E-state index contributed by atoms with van der Waals surface area (Å²) in [5, 5.41) is 0. The molecule has 4 heterocycles. The monoisotopic (exact) mass is 520 g/mol. The van der Waals surface area contributed by atoms with Crippen molar-refractivity contribution in [3.63, 3.8) is 0 Å². The number of hydrogen-bond donors (Lipinski definition) is 0. The number of hydrogen-bond acceptors (Lipinski definition) is 4. The summed E-state index contributed by atoms with van der Waals surface area (Å²) >= 11 is -0.346. The van der Waals surface area contributed by atoms with Gasteiger partial charge >= 0.3 is 34.5 Å². The van der Waals surface area contributed by atoms with Crippen LogP contribution in [-0.2, 0) is 15.1 Å². The van der Waals surface area contributed by atoms with Crippen molar-refractivity contribution in [2.75, 3.05) is 0 Å². The molecule has 0 saturated carbocycles. The van der Waals surface area contributed by atoms with Gasteiger partial charge in [-0.15, -0.1) is 0 Å². The molecule has 0 fully saturated rings. The molecule has 0 atom stereocenters. The summed E-state index contributed by atoms with van der Waals surface area (Å²) in [6, 6.07) is 22.0. The second-order valence-electron chi connectivity index (χ2n) is 3.89. The third-order valence-corrected chi connectivity index (χ3v) is 2.07. The number of aromatic nitrogens is 4. The van der Waals surface area contributed by atoms with Crippen LogP contribution in [0, 0.1) is 24.8 Å². The molecule has 0 bridgehead atoms. The second kappa shape index (κ2) is 30.5. The Balaban J connectivity index is -0.000000291. The van der Waals surface area contributed by atoms with Crippen molar-refractivity contribution in [1.29, 1.82) is 0 Å². The maximum absolute atomic E-state index is 4.85. The molecular formula is C20H20Cl2N4O2Ru-2. The maximum atomic E-state index is 4.85. The standard InChI is InChI=1S/4C5H4N.2ClH.2H2O.Ru/c4*1-2-4-6-5-3-1;;;;;/h4*1-4H;2*1H;2*1H2;/q4*-1;;;;;+4/p-2. The normalized spacial score (nSPS) is 7.24. The molecule has 4 aromatic heterocycles. The van der Waals surface area contributed by atoms with Crippen LogP contribution in [0.3, 0.4) is 0 Å². The molecule has 0 radical (unpaired) electrons. The van der Waals surface area contributed by atoms with Gasteiger partial charge in [0.05, 0.1) is 0 Å². The summed E-state index contributed by atoms with van der Waals surface area (Å²) in [6.45, 7) is 0. The third-order valence-electron chi connectivity index (χ3n) is 2.07. The van der Waals surface area contributed by atoms with E-state index in [1.807, 2.05) is 48.5 Å². The molecule has 0 aliphatic heterocycles. The van der Waals surface area contributed by atoms with Gasteiger partial charge in [0.1, 0.15) is 0 Å². The van der Waals surface area contributed by atoms with Gasteiger partial charge in [0.2, 0.25) is 0 Å². The van der Waals surface area contributed by atoms with E-state index in [2.05, 4.69) is 44.7 Å². The first-order valence-corrected chi connectivity index (χ1v) is 11.8. The first-order chi connectivity index (χ1) is 13.4. The van der Waals surface area contributed by atoms with Crippen molar-refractivity contribution >= 4 is 19.4 Å². The van der Waals surface area contributed by atoms with Crippen molar-refractivity contribution in [3.05, 3.63) is 122 Å². The van der Waals surface area contributed by atoms with E-state index in [-0.39, 0.29) is 26.1 Å². The van der Waals surface area contributed by atoms with E-state index in [1.54, 1.807) is 49.1 Å². The molecule has 29 heavy (non-hydrogen) atoms. The van der Waals surface area contributed by atoms with Gasteiger partial charge in [-0.1, -0.05) is 49.6 Å². The van der Waals surface area contributed by atoms with Crippen LogP contribution in [0.5, 0.6) is 0 Å². The number of rotatable bonds is 0. The van der Waals surface area contributed by atoms with E-state index in [0.717, 1.165) is 0 Å². The zero-order chi connectivity index (χ0) is 19.7. The summed E-state index contributed by atoms with van der Waals surface area (Å²) in [4.78, 5) is 14.6. The predicted octanol–water partition coefficient (Wildman–Crippen LogP) is 3.25. The summed E-state index contributed by atoms with van der Waals surface area (Å²) in [6.07, 6.45) is 17.3. The Morgan fingerprint density at radius 2 is 0.655 bits per heavy atom. The average molecular weight is 520 g/mol. The summed E-state index contributed by atoms with van der Waals surface area (Å²) in [5.41, 5.74) is 0. The fourth-order valence-corrected chi connectivity index (χ4v) is 1.11. The molecule has 4 N–H and O–H groups in total. The summed E-state index contributed by atoms with van der Waals surface area (Å²) < 4.78 is 0. The fourth-order valence-electron chi connectivity index (χ4n) is 1.11. The third kappa shape index (κ3) is 30.7. The Morgan fingerprint density at radius 3 is 0.690 bits per heavy atom. The van der Waals surface area contributed by atoms with Crippen molar-refractivity contribution in [3.8, 4) is 0 Å². The van der Waals surface area contributed by atoms with Gasteiger partial charge in [-0.3, -0.25) is 0 Å². The molecular weight excluding hydrogens is 500 g/mol. The molecule has 156 valence electrons.